The van der Waals surface area contributed by atoms with Crippen molar-refractivity contribution >= 4 is 18.5 Å². The first-order valence-electron chi connectivity index (χ1n) is 6.43. The van der Waals surface area contributed by atoms with Crippen LogP contribution in [-0.4, -0.2) is 24.6 Å². The average molecular weight is 265 g/mol. The molecule has 102 valence electrons. The SMILES string of the molecule is CCC(C)CNC(=O)c1cc2c(cc1F)COB2O. The lowest BCUT2D eigenvalue weighted by molar-refractivity contribution is 0.0944. The van der Waals surface area contributed by atoms with Crippen molar-refractivity contribution in [2.45, 2.75) is 26.9 Å². The summed E-state index contributed by atoms with van der Waals surface area (Å²) in [6.07, 6.45) is 0.944. The summed E-state index contributed by atoms with van der Waals surface area (Å²) >= 11 is 0. The highest BCUT2D eigenvalue weighted by atomic mass is 19.1. The van der Waals surface area contributed by atoms with Crippen LogP contribution in [0.1, 0.15) is 36.2 Å². The molecular weight excluding hydrogens is 248 g/mol. The second-order valence-electron chi connectivity index (χ2n) is 4.92. The Hall–Kier alpha value is -1.40. The number of nitrogens with one attached hydrogen (secondary N) is 1. The van der Waals surface area contributed by atoms with E-state index in [-0.39, 0.29) is 12.2 Å². The molecule has 0 saturated carbocycles. The number of halogens is 1. The van der Waals surface area contributed by atoms with Crippen molar-refractivity contribution in [3.8, 4) is 0 Å². The summed E-state index contributed by atoms with van der Waals surface area (Å²) in [5, 5.41) is 12.3. The zero-order chi connectivity index (χ0) is 14.0. The second-order valence-corrected chi connectivity index (χ2v) is 4.92. The van der Waals surface area contributed by atoms with E-state index in [9.17, 15) is 14.2 Å². The number of carbonyl (C=O) groups excluding carboxylic acids is 1. The molecule has 0 bridgehead atoms. The third-order valence-electron chi connectivity index (χ3n) is 3.44. The van der Waals surface area contributed by atoms with Crippen LogP contribution < -0.4 is 10.8 Å². The van der Waals surface area contributed by atoms with Crippen LogP contribution in [0.5, 0.6) is 0 Å². The van der Waals surface area contributed by atoms with Crippen molar-refractivity contribution < 1.29 is 18.9 Å². The van der Waals surface area contributed by atoms with Gasteiger partial charge in [-0.05, 0) is 29.1 Å². The largest absolute Gasteiger partial charge is 0.491 e. The van der Waals surface area contributed by atoms with Crippen molar-refractivity contribution in [2.24, 2.45) is 5.92 Å². The summed E-state index contributed by atoms with van der Waals surface area (Å²) in [4.78, 5) is 11.9. The maximum absolute atomic E-state index is 13.8. The summed E-state index contributed by atoms with van der Waals surface area (Å²) in [6, 6.07) is 2.62. The first-order chi connectivity index (χ1) is 9.02. The van der Waals surface area contributed by atoms with Gasteiger partial charge in [0, 0.05) is 6.54 Å². The highest BCUT2D eigenvalue weighted by Gasteiger charge is 2.29. The Morgan fingerprint density at radius 3 is 3.05 bits per heavy atom. The number of amides is 1. The zero-order valence-corrected chi connectivity index (χ0v) is 11.1. The zero-order valence-electron chi connectivity index (χ0n) is 11.1. The van der Waals surface area contributed by atoms with Crippen LogP contribution in [0, 0.1) is 11.7 Å². The van der Waals surface area contributed by atoms with Crippen molar-refractivity contribution in [3.05, 3.63) is 29.1 Å². The molecule has 0 saturated heterocycles. The van der Waals surface area contributed by atoms with Gasteiger partial charge in [-0.1, -0.05) is 20.3 Å². The van der Waals surface area contributed by atoms with E-state index in [2.05, 4.69) is 5.32 Å². The average Bonchev–Trinajstić information content (AvgIpc) is 2.75. The summed E-state index contributed by atoms with van der Waals surface area (Å²) in [7, 11) is -1.07. The molecule has 1 atom stereocenters. The molecule has 1 heterocycles. The van der Waals surface area contributed by atoms with E-state index < -0.39 is 18.8 Å². The maximum Gasteiger partial charge on any atom is 0.491 e. The molecule has 6 heteroatoms. The monoisotopic (exact) mass is 265 g/mol. The lowest BCUT2D eigenvalue weighted by Gasteiger charge is -2.11. The van der Waals surface area contributed by atoms with Gasteiger partial charge in [0.2, 0.25) is 0 Å². The molecule has 2 N–H and O–H groups in total. The van der Waals surface area contributed by atoms with Gasteiger partial charge in [-0.25, -0.2) is 4.39 Å². The summed E-state index contributed by atoms with van der Waals surface area (Å²) in [6.45, 7) is 4.71. The molecule has 1 unspecified atom stereocenters. The Bertz CT molecular complexity index is 495. The molecular formula is C13H17BFNO3. The highest BCUT2D eigenvalue weighted by molar-refractivity contribution is 6.61. The Morgan fingerprint density at radius 1 is 1.63 bits per heavy atom. The fraction of sp³-hybridized carbons (Fsp3) is 0.462. The van der Waals surface area contributed by atoms with Crippen LogP contribution >= 0.6 is 0 Å². The normalized spacial score (nSPS) is 15.3. The Morgan fingerprint density at radius 2 is 2.37 bits per heavy atom. The number of rotatable bonds is 4. The van der Waals surface area contributed by atoms with E-state index in [0.717, 1.165) is 6.42 Å². The number of hydrogen-bond acceptors (Lipinski definition) is 3. The molecule has 4 nitrogen and oxygen atoms in total. The molecule has 1 aliphatic rings. The highest BCUT2D eigenvalue weighted by Crippen LogP contribution is 2.15. The van der Waals surface area contributed by atoms with Crippen LogP contribution in [0.25, 0.3) is 0 Å². The molecule has 0 spiro atoms. The number of benzene rings is 1. The van der Waals surface area contributed by atoms with Gasteiger partial charge in [-0.3, -0.25) is 4.79 Å². The lowest BCUT2D eigenvalue weighted by atomic mass is 9.78. The van der Waals surface area contributed by atoms with Crippen molar-refractivity contribution in [1.82, 2.24) is 5.32 Å². The predicted molar refractivity (Wildman–Crippen MR) is 70.6 cm³/mol. The minimum absolute atomic E-state index is 0.0494. The molecule has 2 rings (SSSR count). The Balaban J connectivity index is 2.16. The molecule has 0 aromatic heterocycles. The Kier molecular flexibility index (Phi) is 4.22. The van der Waals surface area contributed by atoms with Crippen LogP contribution in [0.2, 0.25) is 0 Å². The quantitative estimate of drug-likeness (QED) is 0.792. The van der Waals surface area contributed by atoms with Gasteiger partial charge in [0.25, 0.3) is 5.91 Å². The summed E-state index contributed by atoms with van der Waals surface area (Å²) < 4.78 is 18.8. The molecule has 1 amide bonds. The van der Waals surface area contributed by atoms with Gasteiger partial charge in [-0.15, -0.1) is 0 Å². The van der Waals surface area contributed by atoms with Crippen molar-refractivity contribution in [3.63, 3.8) is 0 Å². The van der Waals surface area contributed by atoms with E-state index >= 15 is 0 Å². The molecule has 1 aromatic rings. The standard InChI is InChI=1S/C13H17BFNO3/c1-3-8(2)6-16-13(17)10-5-11-9(4-12(10)15)7-19-14(11)18/h4-5,8,18H,3,6-7H2,1-2H3,(H,16,17). The Labute approximate surface area is 112 Å². The molecule has 1 aliphatic heterocycles. The molecule has 0 radical (unpaired) electrons. The van der Waals surface area contributed by atoms with Gasteiger partial charge < -0.3 is 15.0 Å². The topological polar surface area (TPSA) is 58.6 Å². The first kappa shape index (κ1) is 14.0. The van der Waals surface area contributed by atoms with Crippen LogP contribution in [0.4, 0.5) is 4.39 Å². The minimum Gasteiger partial charge on any atom is -0.423 e. The van der Waals surface area contributed by atoms with E-state index in [0.29, 0.717) is 23.5 Å². The summed E-state index contributed by atoms with van der Waals surface area (Å²) in [5.74, 6) is -0.701. The second kappa shape index (κ2) is 5.71. The van der Waals surface area contributed by atoms with E-state index in [1.807, 2.05) is 13.8 Å². The molecule has 0 aliphatic carbocycles. The van der Waals surface area contributed by atoms with E-state index in [1.54, 1.807) is 0 Å². The fourth-order valence-electron chi connectivity index (χ4n) is 1.93. The van der Waals surface area contributed by atoms with Gasteiger partial charge in [0.1, 0.15) is 5.82 Å². The van der Waals surface area contributed by atoms with E-state index in [1.165, 1.54) is 12.1 Å². The van der Waals surface area contributed by atoms with Crippen LogP contribution in [0.3, 0.4) is 0 Å². The van der Waals surface area contributed by atoms with Gasteiger partial charge in [0.05, 0.1) is 12.2 Å². The third-order valence-corrected chi connectivity index (χ3v) is 3.44. The van der Waals surface area contributed by atoms with Gasteiger partial charge in [0.15, 0.2) is 0 Å². The summed E-state index contributed by atoms with van der Waals surface area (Å²) in [5.41, 5.74) is 1.00. The first-order valence-corrected chi connectivity index (χ1v) is 6.43. The number of carbonyl (C=O) groups is 1. The van der Waals surface area contributed by atoms with Crippen molar-refractivity contribution in [1.29, 1.82) is 0 Å². The van der Waals surface area contributed by atoms with Gasteiger partial charge >= 0.3 is 7.12 Å². The number of fused-ring (bicyclic) bond motifs is 1. The molecule has 0 fully saturated rings. The third kappa shape index (κ3) is 2.96. The number of hydrogen-bond donors (Lipinski definition) is 2. The van der Waals surface area contributed by atoms with Gasteiger partial charge in [-0.2, -0.15) is 0 Å². The molecule has 19 heavy (non-hydrogen) atoms. The minimum atomic E-state index is -1.07. The maximum atomic E-state index is 13.8. The fourth-order valence-corrected chi connectivity index (χ4v) is 1.93. The van der Waals surface area contributed by atoms with Crippen molar-refractivity contribution in [2.75, 3.05) is 6.54 Å². The molecule has 1 aromatic carbocycles. The smallest absolute Gasteiger partial charge is 0.423 e. The van der Waals surface area contributed by atoms with Crippen LogP contribution in [-0.2, 0) is 11.3 Å². The van der Waals surface area contributed by atoms with E-state index in [4.69, 9.17) is 4.65 Å². The lowest BCUT2D eigenvalue weighted by Crippen LogP contribution is -2.33. The predicted octanol–water partition coefficient (Wildman–Crippen LogP) is 0.819. The van der Waals surface area contributed by atoms with Crippen LogP contribution in [0.15, 0.2) is 12.1 Å².